The molecule has 0 N–H and O–H groups in total. The van der Waals surface area contributed by atoms with Crippen LogP contribution in [0.4, 0.5) is 5.13 Å². The number of nitrogens with zero attached hydrogens (tertiary/aromatic N) is 4. The molecule has 2 aliphatic rings. The highest BCUT2D eigenvalue weighted by Crippen LogP contribution is 2.19. The first-order chi connectivity index (χ1) is 9.33. The predicted octanol–water partition coefficient (Wildman–Crippen LogP) is 0.887. The third kappa shape index (κ3) is 3.06. The Morgan fingerprint density at radius 3 is 2.53 bits per heavy atom. The summed E-state index contributed by atoms with van der Waals surface area (Å²) in [5, 5.41) is 3.11. The van der Waals surface area contributed by atoms with Crippen molar-refractivity contribution in [1.82, 2.24) is 14.8 Å². The van der Waals surface area contributed by atoms with E-state index in [1.54, 1.807) is 11.3 Å². The lowest BCUT2D eigenvalue weighted by Crippen LogP contribution is -2.49. The van der Waals surface area contributed by atoms with Crippen molar-refractivity contribution in [3.8, 4) is 0 Å². The van der Waals surface area contributed by atoms with Crippen LogP contribution in [-0.2, 0) is 4.79 Å². The van der Waals surface area contributed by atoms with Crippen molar-refractivity contribution in [2.45, 2.75) is 12.8 Å². The number of hydrogen-bond donors (Lipinski definition) is 0. The summed E-state index contributed by atoms with van der Waals surface area (Å²) in [5.41, 5.74) is 0. The molecule has 2 saturated heterocycles. The molecule has 0 radical (unpaired) electrons. The van der Waals surface area contributed by atoms with Gasteiger partial charge >= 0.3 is 0 Å². The highest BCUT2D eigenvalue weighted by Gasteiger charge is 2.23. The molecule has 3 rings (SSSR count). The van der Waals surface area contributed by atoms with E-state index in [0.29, 0.717) is 12.5 Å². The minimum absolute atomic E-state index is 0.306. The molecule has 5 nitrogen and oxygen atoms in total. The van der Waals surface area contributed by atoms with Crippen molar-refractivity contribution in [3.63, 3.8) is 0 Å². The normalized spacial score (nSPS) is 21.1. The maximum Gasteiger partial charge on any atom is 0.236 e. The molecule has 0 bridgehead atoms. The van der Waals surface area contributed by atoms with E-state index in [0.717, 1.165) is 44.4 Å². The number of thiazole rings is 1. The summed E-state index contributed by atoms with van der Waals surface area (Å²) in [6, 6.07) is 0. The van der Waals surface area contributed by atoms with Gasteiger partial charge in [-0.15, -0.1) is 11.3 Å². The molecule has 0 unspecified atom stereocenters. The molecule has 2 fully saturated rings. The first-order valence-corrected chi connectivity index (χ1v) is 7.85. The number of hydrogen-bond acceptors (Lipinski definition) is 5. The maximum atomic E-state index is 12.1. The Balaban J connectivity index is 1.46. The summed E-state index contributed by atoms with van der Waals surface area (Å²) in [5.74, 6) is 0.306. The van der Waals surface area contributed by atoms with Gasteiger partial charge in [-0.25, -0.2) is 4.98 Å². The Bertz CT molecular complexity index is 408. The molecule has 19 heavy (non-hydrogen) atoms. The van der Waals surface area contributed by atoms with Gasteiger partial charge in [0.15, 0.2) is 5.13 Å². The van der Waals surface area contributed by atoms with Crippen LogP contribution in [0.3, 0.4) is 0 Å². The summed E-state index contributed by atoms with van der Waals surface area (Å²) in [6.07, 6.45) is 4.19. The Hall–Kier alpha value is -1.14. The fraction of sp³-hybridized carbons (Fsp3) is 0.692. The molecule has 3 heterocycles. The van der Waals surface area contributed by atoms with Crippen molar-refractivity contribution < 1.29 is 4.79 Å². The number of piperazine rings is 1. The molecule has 0 saturated carbocycles. The van der Waals surface area contributed by atoms with E-state index in [4.69, 9.17) is 0 Å². The van der Waals surface area contributed by atoms with Gasteiger partial charge in [-0.1, -0.05) is 0 Å². The molecule has 0 atom stereocenters. The molecule has 0 spiro atoms. The molecule has 2 aliphatic heterocycles. The van der Waals surface area contributed by atoms with E-state index in [1.807, 2.05) is 16.5 Å². The van der Waals surface area contributed by atoms with Crippen LogP contribution < -0.4 is 4.90 Å². The minimum Gasteiger partial charge on any atom is -0.346 e. The van der Waals surface area contributed by atoms with Crippen LogP contribution in [0.25, 0.3) is 0 Å². The highest BCUT2D eigenvalue weighted by molar-refractivity contribution is 7.13. The molecule has 1 aromatic heterocycles. The van der Waals surface area contributed by atoms with Crippen LogP contribution in [0.15, 0.2) is 11.6 Å². The van der Waals surface area contributed by atoms with Gasteiger partial charge in [-0.3, -0.25) is 9.69 Å². The Morgan fingerprint density at radius 1 is 1.16 bits per heavy atom. The highest BCUT2D eigenvalue weighted by atomic mass is 32.1. The first kappa shape index (κ1) is 12.9. The van der Waals surface area contributed by atoms with Gasteiger partial charge in [0.05, 0.1) is 6.54 Å². The van der Waals surface area contributed by atoms with Crippen LogP contribution >= 0.6 is 11.3 Å². The molecule has 1 aromatic rings. The smallest absolute Gasteiger partial charge is 0.236 e. The largest absolute Gasteiger partial charge is 0.346 e. The molecule has 6 heteroatoms. The molecule has 1 amide bonds. The third-order valence-corrected chi connectivity index (χ3v) is 4.71. The van der Waals surface area contributed by atoms with Crippen LogP contribution in [0.1, 0.15) is 12.8 Å². The predicted molar refractivity (Wildman–Crippen MR) is 76.6 cm³/mol. The van der Waals surface area contributed by atoms with Crippen molar-refractivity contribution >= 4 is 22.4 Å². The van der Waals surface area contributed by atoms with Crippen molar-refractivity contribution in [2.75, 3.05) is 50.7 Å². The lowest BCUT2D eigenvalue weighted by atomic mass is 10.3. The number of anilines is 1. The van der Waals surface area contributed by atoms with E-state index >= 15 is 0 Å². The molecule has 0 aliphatic carbocycles. The SMILES string of the molecule is O=C(CN1CCN(c2nccs2)CC1)N1CCCC1. The Labute approximate surface area is 117 Å². The van der Waals surface area contributed by atoms with Gasteiger partial charge in [0, 0.05) is 50.8 Å². The number of aromatic nitrogens is 1. The second-order valence-corrected chi connectivity index (χ2v) is 6.04. The van der Waals surface area contributed by atoms with E-state index in [9.17, 15) is 4.79 Å². The second kappa shape index (κ2) is 5.88. The van der Waals surface area contributed by atoms with E-state index in [2.05, 4.69) is 14.8 Å². The van der Waals surface area contributed by atoms with Crippen molar-refractivity contribution in [3.05, 3.63) is 11.6 Å². The third-order valence-electron chi connectivity index (χ3n) is 3.88. The van der Waals surface area contributed by atoms with Crippen LogP contribution in [-0.4, -0.2) is 66.5 Å². The number of likely N-dealkylation sites (tertiary alicyclic amines) is 1. The standard InChI is InChI=1S/C13H20N4OS/c18-12(16-4-1-2-5-16)11-15-6-8-17(9-7-15)13-14-3-10-19-13/h3,10H,1-2,4-9,11H2. The summed E-state index contributed by atoms with van der Waals surface area (Å²) in [7, 11) is 0. The minimum atomic E-state index is 0.306. The summed E-state index contributed by atoms with van der Waals surface area (Å²) < 4.78 is 0. The number of carbonyl (C=O) groups excluding carboxylic acids is 1. The van der Waals surface area contributed by atoms with Crippen LogP contribution in [0, 0.1) is 0 Å². The molecule has 104 valence electrons. The van der Waals surface area contributed by atoms with Gasteiger partial charge in [-0.2, -0.15) is 0 Å². The zero-order chi connectivity index (χ0) is 13.1. The first-order valence-electron chi connectivity index (χ1n) is 6.97. The zero-order valence-electron chi connectivity index (χ0n) is 11.1. The molecular formula is C13H20N4OS. The fourth-order valence-electron chi connectivity index (χ4n) is 2.73. The number of amides is 1. The lowest BCUT2D eigenvalue weighted by Gasteiger charge is -2.34. The second-order valence-electron chi connectivity index (χ2n) is 5.17. The summed E-state index contributed by atoms with van der Waals surface area (Å²) in [4.78, 5) is 23.0. The zero-order valence-corrected chi connectivity index (χ0v) is 11.9. The summed E-state index contributed by atoms with van der Waals surface area (Å²) >= 11 is 1.69. The van der Waals surface area contributed by atoms with Crippen molar-refractivity contribution in [1.29, 1.82) is 0 Å². The van der Waals surface area contributed by atoms with Gasteiger partial charge < -0.3 is 9.80 Å². The van der Waals surface area contributed by atoms with Crippen LogP contribution in [0.2, 0.25) is 0 Å². The molecule has 0 aromatic carbocycles. The maximum absolute atomic E-state index is 12.1. The van der Waals surface area contributed by atoms with Gasteiger partial charge in [-0.05, 0) is 12.8 Å². The fourth-order valence-corrected chi connectivity index (χ4v) is 3.42. The van der Waals surface area contributed by atoms with E-state index in [1.165, 1.54) is 12.8 Å². The average Bonchev–Trinajstić information content (AvgIpc) is 3.13. The van der Waals surface area contributed by atoms with Crippen LogP contribution in [0.5, 0.6) is 0 Å². The molecular weight excluding hydrogens is 260 g/mol. The Morgan fingerprint density at radius 2 is 1.89 bits per heavy atom. The monoisotopic (exact) mass is 280 g/mol. The topological polar surface area (TPSA) is 39.7 Å². The number of rotatable bonds is 3. The van der Waals surface area contributed by atoms with Crippen molar-refractivity contribution in [2.24, 2.45) is 0 Å². The van der Waals surface area contributed by atoms with E-state index in [-0.39, 0.29) is 0 Å². The Kier molecular flexibility index (Phi) is 3.98. The van der Waals surface area contributed by atoms with E-state index < -0.39 is 0 Å². The van der Waals surface area contributed by atoms with Gasteiger partial charge in [0.1, 0.15) is 0 Å². The summed E-state index contributed by atoms with van der Waals surface area (Å²) in [6.45, 7) is 6.36. The quantitative estimate of drug-likeness (QED) is 0.824. The number of carbonyl (C=O) groups is 1. The van der Waals surface area contributed by atoms with Gasteiger partial charge in [0.2, 0.25) is 5.91 Å². The average molecular weight is 280 g/mol. The lowest BCUT2D eigenvalue weighted by molar-refractivity contribution is -0.131. The van der Waals surface area contributed by atoms with Gasteiger partial charge in [0.25, 0.3) is 0 Å².